The number of nitrogens with one attached hydrogen (secondary N) is 1. The second-order valence-electron chi connectivity index (χ2n) is 7.49. The van der Waals surface area contributed by atoms with Crippen LogP contribution in [0.2, 0.25) is 0 Å². The molecule has 0 radical (unpaired) electrons. The molecular formula is C20H38N2O3S. The van der Waals surface area contributed by atoms with E-state index in [1.807, 2.05) is 11.8 Å². The molecular weight excluding hydrogens is 348 g/mol. The van der Waals surface area contributed by atoms with Crippen molar-refractivity contribution in [3.8, 4) is 0 Å². The molecule has 0 aromatic carbocycles. The first-order valence-electron chi connectivity index (χ1n) is 10.4. The van der Waals surface area contributed by atoms with Crippen molar-refractivity contribution in [2.75, 3.05) is 39.1 Å². The van der Waals surface area contributed by atoms with Gasteiger partial charge in [0.1, 0.15) is 6.61 Å². The zero-order chi connectivity index (χ0) is 18.8. The standard InChI is InChI=1S/C20H38N2O3S/c1-4-19(26-5-2)14-22(16-8-7-11-21-13-16)20(23)15-25-18-10-6-9-17(12-18)24-3/h16-19,21H,4-15H2,1-3H3. The average molecular weight is 387 g/mol. The monoisotopic (exact) mass is 386 g/mol. The molecule has 2 fully saturated rings. The highest BCUT2D eigenvalue weighted by atomic mass is 32.2. The molecule has 0 spiro atoms. The zero-order valence-corrected chi connectivity index (χ0v) is 17.7. The van der Waals surface area contributed by atoms with Crippen LogP contribution in [-0.4, -0.2) is 73.4 Å². The quantitative estimate of drug-likeness (QED) is 0.625. The number of methoxy groups -OCH3 is 1. The fraction of sp³-hybridized carbons (Fsp3) is 0.950. The molecule has 26 heavy (non-hydrogen) atoms. The van der Waals surface area contributed by atoms with E-state index in [0.29, 0.717) is 11.3 Å². The Labute approximate surface area is 163 Å². The summed E-state index contributed by atoms with van der Waals surface area (Å²) in [5.41, 5.74) is 0. The van der Waals surface area contributed by atoms with E-state index < -0.39 is 0 Å². The van der Waals surface area contributed by atoms with Gasteiger partial charge in [-0.15, -0.1) is 0 Å². The summed E-state index contributed by atoms with van der Waals surface area (Å²) in [5, 5.41) is 3.97. The van der Waals surface area contributed by atoms with E-state index in [0.717, 1.165) is 70.3 Å². The number of piperidine rings is 1. The molecule has 1 amide bonds. The Morgan fingerprint density at radius 2 is 2.04 bits per heavy atom. The van der Waals surface area contributed by atoms with Gasteiger partial charge in [0.2, 0.25) is 5.91 Å². The second kappa shape index (κ2) is 12.2. The predicted molar refractivity (Wildman–Crippen MR) is 109 cm³/mol. The molecule has 1 saturated heterocycles. The third-order valence-corrected chi connectivity index (χ3v) is 6.93. The summed E-state index contributed by atoms with van der Waals surface area (Å²) in [6, 6.07) is 0.310. The maximum Gasteiger partial charge on any atom is 0.248 e. The number of hydrogen-bond donors (Lipinski definition) is 1. The van der Waals surface area contributed by atoms with Crippen LogP contribution in [0.3, 0.4) is 0 Å². The topological polar surface area (TPSA) is 50.8 Å². The third-order valence-electron chi connectivity index (χ3n) is 5.64. The summed E-state index contributed by atoms with van der Waals surface area (Å²) in [6.07, 6.45) is 7.98. The van der Waals surface area contributed by atoms with Crippen LogP contribution in [0, 0.1) is 0 Å². The van der Waals surface area contributed by atoms with Crippen molar-refractivity contribution in [3.05, 3.63) is 0 Å². The first-order valence-corrected chi connectivity index (χ1v) is 11.5. The number of amides is 1. The van der Waals surface area contributed by atoms with Gasteiger partial charge >= 0.3 is 0 Å². The molecule has 1 aliphatic carbocycles. The normalized spacial score (nSPS) is 27.9. The van der Waals surface area contributed by atoms with Gasteiger partial charge in [0, 0.05) is 31.5 Å². The van der Waals surface area contributed by atoms with Crippen LogP contribution in [0.25, 0.3) is 0 Å². The highest BCUT2D eigenvalue weighted by Gasteiger charge is 2.29. The predicted octanol–water partition coefficient (Wildman–Crippen LogP) is 3.07. The minimum atomic E-state index is 0.161. The van der Waals surface area contributed by atoms with Gasteiger partial charge in [0.05, 0.1) is 12.2 Å². The number of rotatable bonds is 10. The number of nitrogens with zero attached hydrogens (tertiary/aromatic N) is 1. The molecule has 0 aromatic heterocycles. The van der Waals surface area contributed by atoms with E-state index in [9.17, 15) is 4.79 Å². The number of hydrogen-bond acceptors (Lipinski definition) is 5. The van der Waals surface area contributed by atoms with Crippen molar-refractivity contribution < 1.29 is 14.3 Å². The van der Waals surface area contributed by atoms with Crippen LogP contribution in [0.15, 0.2) is 0 Å². The van der Waals surface area contributed by atoms with Crippen molar-refractivity contribution >= 4 is 17.7 Å². The Morgan fingerprint density at radius 1 is 1.23 bits per heavy atom. The Bertz CT molecular complexity index is 405. The molecule has 5 nitrogen and oxygen atoms in total. The fourth-order valence-corrected chi connectivity index (χ4v) is 5.02. The van der Waals surface area contributed by atoms with Gasteiger partial charge in [0.15, 0.2) is 0 Å². The minimum Gasteiger partial charge on any atom is -0.381 e. The summed E-state index contributed by atoms with van der Waals surface area (Å²) in [5.74, 6) is 1.26. The molecule has 4 atom stereocenters. The second-order valence-corrected chi connectivity index (χ2v) is 9.07. The maximum absolute atomic E-state index is 13.0. The van der Waals surface area contributed by atoms with Crippen molar-refractivity contribution in [1.82, 2.24) is 10.2 Å². The van der Waals surface area contributed by atoms with E-state index in [4.69, 9.17) is 9.47 Å². The van der Waals surface area contributed by atoms with Crippen LogP contribution in [0.1, 0.15) is 58.8 Å². The Kier molecular flexibility index (Phi) is 10.3. The molecule has 1 heterocycles. The Balaban J connectivity index is 1.90. The van der Waals surface area contributed by atoms with Crippen LogP contribution < -0.4 is 5.32 Å². The number of ether oxygens (including phenoxy) is 2. The highest BCUT2D eigenvalue weighted by Crippen LogP contribution is 2.24. The lowest BCUT2D eigenvalue weighted by molar-refractivity contribution is -0.142. The lowest BCUT2D eigenvalue weighted by atomic mass is 9.95. The zero-order valence-electron chi connectivity index (χ0n) is 16.9. The van der Waals surface area contributed by atoms with Gasteiger partial charge in [-0.05, 0) is 57.2 Å². The van der Waals surface area contributed by atoms with E-state index in [2.05, 4.69) is 24.1 Å². The molecule has 6 heteroatoms. The Hall–Kier alpha value is -0.300. The van der Waals surface area contributed by atoms with E-state index in [-0.39, 0.29) is 24.7 Å². The van der Waals surface area contributed by atoms with Crippen molar-refractivity contribution in [2.45, 2.75) is 82.3 Å². The van der Waals surface area contributed by atoms with Crippen LogP contribution in [0.4, 0.5) is 0 Å². The molecule has 0 bridgehead atoms. The summed E-state index contributed by atoms with van der Waals surface area (Å²) in [7, 11) is 1.77. The SMILES string of the molecule is CCSC(CC)CN(C(=O)COC1CCCC(OC)C1)C1CCCNC1. The van der Waals surface area contributed by atoms with Crippen molar-refractivity contribution in [1.29, 1.82) is 0 Å². The van der Waals surface area contributed by atoms with Crippen molar-refractivity contribution in [3.63, 3.8) is 0 Å². The van der Waals surface area contributed by atoms with Gasteiger partial charge in [0.25, 0.3) is 0 Å². The third kappa shape index (κ3) is 7.02. The minimum absolute atomic E-state index is 0.161. The fourth-order valence-electron chi connectivity index (χ4n) is 4.05. The summed E-state index contributed by atoms with van der Waals surface area (Å²) < 4.78 is 11.5. The average Bonchev–Trinajstić information content (AvgIpc) is 2.70. The van der Waals surface area contributed by atoms with Gasteiger partial charge in [-0.3, -0.25) is 4.79 Å². The molecule has 152 valence electrons. The highest BCUT2D eigenvalue weighted by molar-refractivity contribution is 7.99. The van der Waals surface area contributed by atoms with Crippen molar-refractivity contribution in [2.24, 2.45) is 0 Å². The van der Waals surface area contributed by atoms with E-state index in [1.54, 1.807) is 7.11 Å². The Morgan fingerprint density at radius 3 is 2.69 bits per heavy atom. The number of carbonyl (C=O) groups is 1. The molecule has 2 aliphatic rings. The van der Waals surface area contributed by atoms with E-state index >= 15 is 0 Å². The van der Waals surface area contributed by atoms with Gasteiger partial charge in [-0.25, -0.2) is 0 Å². The smallest absolute Gasteiger partial charge is 0.248 e. The first kappa shape index (κ1) is 22.0. The molecule has 1 N–H and O–H groups in total. The van der Waals surface area contributed by atoms with Gasteiger partial charge < -0.3 is 19.7 Å². The molecule has 0 aromatic rings. The van der Waals surface area contributed by atoms with Gasteiger partial charge in [-0.1, -0.05) is 13.8 Å². The lowest BCUT2D eigenvalue weighted by Crippen LogP contribution is -2.52. The van der Waals surface area contributed by atoms with Crippen LogP contribution >= 0.6 is 11.8 Å². The molecule has 2 rings (SSSR count). The van der Waals surface area contributed by atoms with Crippen LogP contribution in [0.5, 0.6) is 0 Å². The summed E-state index contributed by atoms with van der Waals surface area (Å²) in [6.45, 7) is 7.45. The largest absolute Gasteiger partial charge is 0.381 e. The number of carbonyl (C=O) groups excluding carboxylic acids is 1. The summed E-state index contributed by atoms with van der Waals surface area (Å²) >= 11 is 1.96. The van der Waals surface area contributed by atoms with Gasteiger partial charge in [-0.2, -0.15) is 11.8 Å². The number of thioether (sulfide) groups is 1. The maximum atomic E-state index is 13.0. The van der Waals surface area contributed by atoms with E-state index in [1.165, 1.54) is 0 Å². The summed E-state index contributed by atoms with van der Waals surface area (Å²) in [4.78, 5) is 15.1. The van der Waals surface area contributed by atoms with Crippen LogP contribution in [-0.2, 0) is 14.3 Å². The molecule has 1 saturated carbocycles. The lowest BCUT2D eigenvalue weighted by Gasteiger charge is -2.37. The molecule has 1 aliphatic heterocycles. The molecule has 4 unspecified atom stereocenters. The first-order chi connectivity index (χ1) is 12.7.